The number of nitrogens with one attached hydrogen (secondary N) is 2. The Hall–Kier alpha value is -3.84. The Balaban J connectivity index is 0.00000320. The van der Waals surface area contributed by atoms with E-state index in [1.807, 2.05) is 60.7 Å². The molecule has 1 saturated heterocycles. The van der Waals surface area contributed by atoms with Crippen LogP contribution in [-0.2, 0) is 27.2 Å². The van der Waals surface area contributed by atoms with Gasteiger partial charge in [0.2, 0.25) is 5.91 Å². The first-order chi connectivity index (χ1) is 17.4. The summed E-state index contributed by atoms with van der Waals surface area (Å²) in [5.74, 6) is -0.0865. The quantitative estimate of drug-likeness (QED) is 0.236. The zero-order chi connectivity index (χ0) is 25.1. The molecule has 0 saturated carbocycles. The summed E-state index contributed by atoms with van der Waals surface area (Å²) in [7, 11) is 0. The number of carbonyl (C=O) groups excluding carboxylic acids is 2. The van der Waals surface area contributed by atoms with Crippen molar-refractivity contribution in [2.75, 3.05) is 6.61 Å². The highest BCUT2D eigenvalue weighted by Crippen LogP contribution is 2.27. The highest BCUT2D eigenvalue weighted by Gasteiger charge is 2.35. The molecule has 0 unspecified atom stereocenters. The number of rotatable bonds is 8. The summed E-state index contributed by atoms with van der Waals surface area (Å²) in [4.78, 5) is 24.9. The Morgan fingerprint density at radius 2 is 1.54 bits per heavy atom. The molecule has 0 aromatic heterocycles. The number of nitrogens with two attached hydrogens (primary N) is 1. The minimum absolute atomic E-state index is 0. The van der Waals surface area contributed by atoms with Gasteiger partial charge in [-0.15, -0.1) is 12.4 Å². The number of halogens is 1. The van der Waals surface area contributed by atoms with Gasteiger partial charge in [-0.2, -0.15) is 0 Å². The normalized spacial score (nSPS) is 18.4. The second-order valence-electron chi connectivity index (χ2n) is 9.46. The van der Waals surface area contributed by atoms with Crippen molar-refractivity contribution < 1.29 is 19.1 Å². The highest BCUT2D eigenvalue weighted by molar-refractivity contribution is 5.95. The number of amidine groups is 1. The van der Waals surface area contributed by atoms with Crippen molar-refractivity contribution in [3.05, 3.63) is 89.5 Å². The Kier molecular flexibility index (Phi) is 8.14. The van der Waals surface area contributed by atoms with Gasteiger partial charge in [0.15, 0.2) is 0 Å². The van der Waals surface area contributed by atoms with E-state index in [4.69, 9.17) is 20.6 Å². The van der Waals surface area contributed by atoms with Crippen LogP contribution >= 0.6 is 12.4 Å². The number of hydrogen-bond acceptors (Lipinski definition) is 5. The van der Waals surface area contributed by atoms with E-state index in [1.165, 1.54) is 11.1 Å². The van der Waals surface area contributed by atoms with Gasteiger partial charge in [0.25, 0.3) is 0 Å². The average molecular weight is 520 g/mol. The van der Waals surface area contributed by atoms with Gasteiger partial charge >= 0.3 is 5.97 Å². The van der Waals surface area contributed by atoms with Gasteiger partial charge in [-0.1, -0.05) is 60.7 Å². The van der Waals surface area contributed by atoms with Crippen LogP contribution in [0.15, 0.2) is 72.8 Å². The van der Waals surface area contributed by atoms with Crippen LogP contribution in [0.5, 0.6) is 5.75 Å². The topological polar surface area (TPSA) is 115 Å². The molecule has 1 amide bonds. The third-order valence-electron chi connectivity index (χ3n) is 6.85. The third-order valence-corrected chi connectivity index (χ3v) is 6.85. The van der Waals surface area contributed by atoms with E-state index in [2.05, 4.69) is 17.4 Å². The molecule has 37 heavy (non-hydrogen) atoms. The first-order valence-electron chi connectivity index (χ1n) is 12.2. The monoisotopic (exact) mass is 519 g/mol. The molecule has 4 N–H and O–H groups in total. The molecule has 1 aliphatic carbocycles. The second kappa shape index (κ2) is 11.5. The fourth-order valence-electron chi connectivity index (χ4n) is 4.93. The van der Waals surface area contributed by atoms with Crippen molar-refractivity contribution >= 4 is 30.1 Å². The minimum Gasteiger partial charge on any atom is -0.491 e. The number of benzene rings is 3. The predicted molar refractivity (Wildman–Crippen MR) is 144 cm³/mol. The Morgan fingerprint density at radius 3 is 2.14 bits per heavy atom. The lowest BCUT2D eigenvalue weighted by molar-refractivity contribution is -0.151. The molecule has 1 aliphatic heterocycles. The van der Waals surface area contributed by atoms with Crippen molar-refractivity contribution in [1.82, 2.24) is 5.32 Å². The molecule has 2 aliphatic rings. The van der Waals surface area contributed by atoms with Gasteiger partial charge < -0.3 is 20.5 Å². The van der Waals surface area contributed by atoms with Crippen LogP contribution < -0.4 is 15.8 Å². The highest BCUT2D eigenvalue weighted by atomic mass is 35.5. The van der Waals surface area contributed by atoms with E-state index in [0.717, 1.165) is 24.0 Å². The van der Waals surface area contributed by atoms with Crippen molar-refractivity contribution in [1.29, 1.82) is 5.41 Å². The van der Waals surface area contributed by atoms with Gasteiger partial charge in [0, 0.05) is 18.4 Å². The molecule has 5 rings (SSSR count). The standard InChI is InChI=1S/C29H29N3O4.ClH/c30-28(31)20-7-5-18(6-8-20)19-9-11-25(12-10-19)35-17-24-13-23(29(34)32-24)16-27(33)36-26-14-21-3-1-2-4-22(21)15-26;/h1-12,23-24,26H,13-17H2,(H3,30,31)(H,32,34);1H/t23-,24-;/m0./s1. The first-order valence-corrected chi connectivity index (χ1v) is 12.2. The van der Waals surface area contributed by atoms with Crippen LogP contribution in [0.25, 0.3) is 11.1 Å². The van der Waals surface area contributed by atoms with Gasteiger partial charge in [0.05, 0.1) is 18.4 Å². The van der Waals surface area contributed by atoms with Crippen LogP contribution in [0.4, 0.5) is 0 Å². The molecule has 2 atom stereocenters. The van der Waals surface area contributed by atoms with Crippen molar-refractivity contribution in [3.8, 4) is 16.9 Å². The SMILES string of the molecule is Cl.N=C(N)c1ccc(-c2ccc(OC[C@@H]3C[C@@H](CC(=O)OC4Cc5ccccc5C4)C(=O)N3)cc2)cc1. The molecule has 0 bridgehead atoms. The molecule has 8 heteroatoms. The van der Waals surface area contributed by atoms with Crippen LogP contribution in [-0.4, -0.2) is 36.5 Å². The van der Waals surface area contributed by atoms with E-state index < -0.39 is 5.92 Å². The molecule has 1 fully saturated rings. The summed E-state index contributed by atoms with van der Waals surface area (Å²) in [6, 6.07) is 23.2. The van der Waals surface area contributed by atoms with E-state index in [1.54, 1.807) is 0 Å². The van der Waals surface area contributed by atoms with Gasteiger partial charge in [0.1, 0.15) is 24.3 Å². The van der Waals surface area contributed by atoms with Gasteiger partial charge in [-0.25, -0.2) is 0 Å². The van der Waals surface area contributed by atoms with Gasteiger partial charge in [-0.3, -0.25) is 15.0 Å². The average Bonchev–Trinajstić information content (AvgIpc) is 3.45. The Labute approximate surface area is 222 Å². The predicted octanol–water partition coefficient (Wildman–Crippen LogP) is 4.04. The Bertz CT molecular complexity index is 1250. The molecular formula is C29H30ClN3O4. The van der Waals surface area contributed by atoms with E-state index in [9.17, 15) is 9.59 Å². The summed E-state index contributed by atoms with van der Waals surface area (Å²) in [5, 5.41) is 10.4. The summed E-state index contributed by atoms with van der Waals surface area (Å²) in [5.41, 5.74) is 10.7. The molecule has 0 spiro atoms. The van der Waals surface area contributed by atoms with Crippen molar-refractivity contribution in [3.63, 3.8) is 0 Å². The van der Waals surface area contributed by atoms with Crippen LogP contribution in [0.3, 0.4) is 0 Å². The van der Waals surface area contributed by atoms with E-state index in [-0.39, 0.29) is 48.7 Å². The van der Waals surface area contributed by atoms with Crippen molar-refractivity contribution in [2.45, 2.75) is 37.8 Å². The summed E-state index contributed by atoms with van der Waals surface area (Å²) >= 11 is 0. The first kappa shape index (κ1) is 26.2. The summed E-state index contributed by atoms with van der Waals surface area (Å²) < 4.78 is 11.6. The lowest BCUT2D eigenvalue weighted by Gasteiger charge is -2.14. The fourth-order valence-corrected chi connectivity index (χ4v) is 4.93. The van der Waals surface area contributed by atoms with E-state index in [0.29, 0.717) is 24.3 Å². The van der Waals surface area contributed by atoms with Crippen molar-refractivity contribution in [2.24, 2.45) is 11.7 Å². The van der Waals surface area contributed by atoms with Crippen LogP contribution in [0, 0.1) is 11.3 Å². The maximum atomic E-state index is 12.5. The molecule has 7 nitrogen and oxygen atoms in total. The third kappa shape index (κ3) is 6.30. The van der Waals surface area contributed by atoms with Gasteiger partial charge in [-0.05, 0) is 40.8 Å². The molecule has 192 valence electrons. The number of nitrogen functional groups attached to an aromatic ring is 1. The minimum atomic E-state index is -0.393. The lowest BCUT2D eigenvalue weighted by Crippen LogP contribution is -2.31. The number of amides is 1. The number of ether oxygens (including phenoxy) is 2. The Morgan fingerprint density at radius 1 is 0.946 bits per heavy atom. The summed E-state index contributed by atoms with van der Waals surface area (Å²) in [6.45, 7) is 0.335. The molecular weight excluding hydrogens is 490 g/mol. The molecule has 3 aromatic carbocycles. The zero-order valence-corrected chi connectivity index (χ0v) is 21.1. The fraction of sp³-hybridized carbons (Fsp3) is 0.276. The smallest absolute Gasteiger partial charge is 0.306 e. The maximum Gasteiger partial charge on any atom is 0.306 e. The lowest BCUT2D eigenvalue weighted by atomic mass is 10.0. The van der Waals surface area contributed by atoms with E-state index >= 15 is 0 Å². The molecule has 0 radical (unpaired) electrons. The largest absolute Gasteiger partial charge is 0.491 e. The second-order valence-corrected chi connectivity index (χ2v) is 9.46. The molecule has 1 heterocycles. The zero-order valence-electron chi connectivity index (χ0n) is 20.3. The number of hydrogen-bond donors (Lipinski definition) is 3. The van der Waals surface area contributed by atoms with Crippen LogP contribution in [0.2, 0.25) is 0 Å². The molecule has 3 aromatic rings. The van der Waals surface area contributed by atoms with Crippen LogP contribution in [0.1, 0.15) is 29.5 Å². The number of carbonyl (C=O) groups is 2. The maximum absolute atomic E-state index is 12.5. The summed E-state index contributed by atoms with van der Waals surface area (Å²) in [6.07, 6.45) is 1.95. The number of fused-ring (bicyclic) bond motifs is 1. The number of esters is 1.